The van der Waals surface area contributed by atoms with Gasteiger partial charge in [-0.15, -0.1) is 0 Å². The minimum atomic E-state index is 0.163. The molecule has 0 fully saturated rings. The van der Waals surface area contributed by atoms with Gasteiger partial charge in [0.05, 0.1) is 11.6 Å². The van der Waals surface area contributed by atoms with Crippen LogP contribution < -0.4 is 4.74 Å². The number of hydrogen-bond acceptors (Lipinski definition) is 3. The molecular formula is C14H11NO2. The van der Waals surface area contributed by atoms with E-state index in [9.17, 15) is 5.11 Å². The highest BCUT2D eigenvalue weighted by molar-refractivity contribution is 5.42. The Bertz CT molecular complexity index is 565. The second-order valence-electron chi connectivity index (χ2n) is 3.75. The molecule has 84 valence electrons. The summed E-state index contributed by atoms with van der Waals surface area (Å²) in [5.41, 5.74) is 1.45. The van der Waals surface area contributed by atoms with E-state index in [1.807, 2.05) is 19.1 Å². The first-order valence-corrected chi connectivity index (χ1v) is 5.16. The molecule has 0 spiro atoms. The Morgan fingerprint density at radius 3 is 2.65 bits per heavy atom. The van der Waals surface area contributed by atoms with Gasteiger partial charge in [-0.3, -0.25) is 0 Å². The smallest absolute Gasteiger partial charge is 0.131 e. The quantitative estimate of drug-likeness (QED) is 0.852. The lowest BCUT2D eigenvalue weighted by Crippen LogP contribution is -1.86. The molecule has 2 aromatic rings. The van der Waals surface area contributed by atoms with Crippen molar-refractivity contribution in [3.8, 4) is 23.3 Å². The number of nitriles is 1. The zero-order valence-electron chi connectivity index (χ0n) is 9.34. The van der Waals surface area contributed by atoms with Crippen molar-refractivity contribution in [1.29, 1.82) is 5.26 Å². The predicted molar refractivity (Wildman–Crippen MR) is 64.1 cm³/mol. The number of benzene rings is 2. The van der Waals surface area contributed by atoms with E-state index in [4.69, 9.17) is 10.00 Å². The Balaban J connectivity index is 2.28. The molecular weight excluding hydrogens is 214 g/mol. The third kappa shape index (κ3) is 2.76. The summed E-state index contributed by atoms with van der Waals surface area (Å²) in [7, 11) is 0. The second kappa shape index (κ2) is 4.58. The minimum absolute atomic E-state index is 0.163. The maximum atomic E-state index is 9.44. The summed E-state index contributed by atoms with van der Waals surface area (Å²) >= 11 is 0. The van der Waals surface area contributed by atoms with E-state index in [0.717, 1.165) is 5.56 Å². The van der Waals surface area contributed by atoms with Crippen LogP contribution in [0.1, 0.15) is 11.1 Å². The Morgan fingerprint density at radius 1 is 1.12 bits per heavy atom. The molecule has 3 nitrogen and oxygen atoms in total. The van der Waals surface area contributed by atoms with Gasteiger partial charge in [-0.1, -0.05) is 6.07 Å². The average molecular weight is 225 g/mol. The molecule has 0 aromatic heterocycles. The van der Waals surface area contributed by atoms with Gasteiger partial charge in [-0.2, -0.15) is 5.26 Å². The van der Waals surface area contributed by atoms with Gasteiger partial charge in [0.25, 0.3) is 0 Å². The summed E-state index contributed by atoms with van der Waals surface area (Å²) in [6.45, 7) is 1.87. The van der Waals surface area contributed by atoms with E-state index < -0.39 is 0 Å². The summed E-state index contributed by atoms with van der Waals surface area (Å²) in [5.74, 6) is 1.29. The molecule has 1 N–H and O–H groups in total. The van der Waals surface area contributed by atoms with E-state index in [0.29, 0.717) is 17.1 Å². The van der Waals surface area contributed by atoms with Gasteiger partial charge in [0, 0.05) is 6.07 Å². The predicted octanol–water partition coefficient (Wildman–Crippen LogP) is 3.36. The van der Waals surface area contributed by atoms with Crippen molar-refractivity contribution in [2.75, 3.05) is 0 Å². The van der Waals surface area contributed by atoms with Gasteiger partial charge in [-0.25, -0.2) is 0 Å². The molecule has 0 aliphatic heterocycles. The number of aromatic hydroxyl groups is 1. The number of phenolic OH excluding ortho intramolecular Hbond substituents is 1. The monoisotopic (exact) mass is 225 g/mol. The van der Waals surface area contributed by atoms with Crippen LogP contribution in [0.2, 0.25) is 0 Å². The average Bonchev–Trinajstić information content (AvgIpc) is 2.28. The van der Waals surface area contributed by atoms with Crippen molar-refractivity contribution in [1.82, 2.24) is 0 Å². The molecule has 2 rings (SSSR count). The van der Waals surface area contributed by atoms with Gasteiger partial charge >= 0.3 is 0 Å². The summed E-state index contributed by atoms with van der Waals surface area (Å²) in [4.78, 5) is 0. The van der Waals surface area contributed by atoms with Crippen LogP contribution >= 0.6 is 0 Å². The SMILES string of the molecule is Cc1cc(O)cc(Oc2cccc(C#N)c2)c1. The number of phenols is 1. The highest BCUT2D eigenvalue weighted by Gasteiger charge is 2.01. The first kappa shape index (κ1) is 11.0. The zero-order valence-corrected chi connectivity index (χ0v) is 9.34. The van der Waals surface area contributed by atoms with Crippen molar-refractivity contribution in [2.45, 2.75) is 6.92 Å². The van der Waals surface area contributed by atoms with Crippen molar-refractivity contribution in [3.63, 3.8) is 0 Å². The highest BCUT2D eigenvalue weighted by Crippen LogP contribution is 2.26. The summed E-state index contributed by atoms with van der Waals surface area (Å²) in [6.07, 6.45) is 0. The summed E-state index contributed by atoms with van der Waals surface area (Å²) < 4.78 is 5.57. The Labute approximate surface area is 99.5 Å². The number of hydrogen-bond donors (Lipinski definition) is 1. The topological polar surface area (TPSA) is 53.2 Å². The summed E-state index contributed by atoms with van der Waals surface area (Å²) in [6, 6.07) is 13.9. The van der Waals surface area contributed by atoms with Crippen molar-refractivity contribution >= 4 is 0 Å². The lowest BCUT2D eigenvalue weighted by atomic mass is 10.2. The molecule has 17 heavy (non-hydrogen) atoms. The fraction of sp³-hybridized carbons (Fsp3) is 0.0714. The van der Waals surface area contributed by atoms with E-state index >= 15 is 0 Å². The molecule has 0 aliphatic carbocycles. The first-order valence-electron chi connectivity index (χ1n) is 5.16. The Morgan fingerprint density at radius 2 is 1.94 bits per heavy atom. The molecule has 0 heterocycles. The van der Waals surface area contributed by atoms with E-state index in [-0.39, 0.29) is 5.75 Å². The number of nitrogens with zero attached hydrogens (tertiary/aromatic N) is 1. The van der Waals surface area contributed by atoms with Crippen LogP contribution in [0.4, 0.5) is 0 Å². The van der Waals surface area contributed by atoms with Crippen LogP contribution in [0.5, 0.6) is 17.2 Å². The fourth-order valence-electron chi connectivity index (χ4n) is 1.55. The van der Waals surface area contributed by atoms with E-state index in [1.54, 1.807) is 30.3 Å². The standard InChI is InChI=1S/C14H11NO2/c1-10-5-12(16)8-14(6-10)17-13-4-2-3-11(7-13)9-15/h2-8,16H,1H3. The first-order chi connectivity index (χ1) is 8.17. The van der Waals surface area contributed by atoms with Gasteiger partial charge in [0.1, 0.15) is 17.2 Å². The van der Waals surface area contributed by atoms with Crippen LogP contribution in [-0.2, 0) is 0 Å². The largest absolute Gasteiger partial charge is 0.508 e. The molecule has 3 heteroatoms. The van der Waals surface area contributed by atoms with Crippen LogP contribution in [0, 0.1) is 18.3 Å². The third-order valence-electron chi connectivity index (χ3n) is 2.23. The molecule has 0 bridgehead atoms. The molecule has 0 saturated heterocycles. The van der Waals surface area contributed by atoms with Gasteiger partial charge in [0.2, 0.25) is 0 Å². The number of ether oxygens (including phenoxy) is 1. The number of aryl methyl sites for hydroxylation is 1. The molecule has 0 amide bonds. The third-order valence-corrected chi connectivity index (χ3v) is 2.23. The lowest BCUT2D eigenvalue weighted by Gasteiger charge is -2.07. The van der Waals surface area contributed by atoms with Crippen molar-refractivity contribution in [2.24, 2.45) is 0 Å². The summed E-state index contributed by atoms with van der Waals surface area (Å²) in [5, 5.41) is 18.2. The zero-order chi connectivity index (χ0) is 12.3. The van der Waals surface area contributed by atoms with Crippen molar-refractivity contribution in [3.05, 3.63) is 53.6 Å². The van der Waals surface area contributed by atoms with Gasteiger partial charge in [-0.05, 0) is 42.8 Å². The van der Waals surface area contributed by atoms with Gasteiger partial charge < -0.3 is 9.84 Å². The highest BCUT2D eigenvalue weighted by atomic mass is 16.5. The van der Waals surface area contributed by atoms with Gasteiger partial charge in [0.15, 0.2) is 0 Å². The lowest BCUT2D eigenvalue weighted by molar-refractivity contribution is 0.454. The molecule has 0 radical (unpaired) electrons. The molecule has 0 saturated carbocycles. The molecule has 0 aliphatic rings. The maximum Gasteiger partial charge on any atom is 0.131 e. The van der Waals surface area contributed by atoms with E-state index in [1.165, 1.54) is 6.07 Å². The Hall–Kier alpha value is -2.47. The van der Waals surface area contributed by atoms with Crippen molar-refractivity contribution < 1.29 is 9.84 Å². The fourth-order valence-corrected chi connectivity index (χ4v) is 1.55. The minimum Gasteiger partial charge on any atom is -0.508 e. The number of rotatable bonds is 2. The molecule has 0 unspecified atom stereocenters. The van der Waals surface area contributed by atoms with Crippen LogP contribution in [0.15, 0.2) is 42.5 Å². The second-order valence-corrected chi connectivity index (χ2v) is 3.75. The van der Waals surface area contributed by atoms with Crippen LogP contribution in [-0.4, -0.2) is 5.11 Å². The Kier molecular flexibility index (Phi) is 2.97. The molecule has 2 aromatic carbocycles. The van der Waals surface area contributed by atoms with E-state index in [2.05, 4.69) is 0 Å². The van der Waals surface area contributed by atoms with Crippen LogP contribution in [0.25, 0.3) is 0 Å². The maximum absolute atomic E-state index is 9.44. The normalized spacial score (nSPS) is 9.65. The van der Waals surface area contributed by atoms with Crippen LogP contribution in [0.3, 0.4) is 0 Å². The molecule has 0 atom stereocenters.